The third-order valence-electron chi connectivity index (χ3n) is 4.22. The zero-order chi connectivity index (χ0) is 16.2. The van der Waals surface area contributed by atoms with Crippen LogP contribution in [0.1, 0.15) is 25.5 Å². The van der Waals surface area contributed by atoms with Crippen LogP contribution in [0, 0.1) is 18.8 Å². The largest absolute Gasteiger partial charge is 0.354 e. The number of carbonyl (C=O) groups excluding carboxylic acids is 1. The third-order valence-corrected chi connectivity index (χ3v) is 4.22. The number of hydrogen-bond donors (Lipinski definition) is 1. The number of aromatic nitrogens is 2. The lowest BCUT2D eigenvalue weighted by molar-refractivity contribution is -0.116. The fourth-order valence-corrected chi connectivity index (χ4v) is 3.03. The molecule has 1 N–H and O–H groups in total. The predicted molar refractivity (Wildman–Crippen MR) is 91.1 cm³/mol. The second-order valence-electron chi connectivity index (χ2n) is 5.76. The maximum Gasteiger partial charge on any atom is 0.296 e. The number of piperidine rings is 1. The summed E-state index contributed by atoms with van der Waals surface area (Å²) in [6.45, 7) is 5.36. The second kappa shape index (κ2) is 6.66. The number of rotatable bonds is 2. The van der Waals surface area contributed by atoms with Crippen molar-refractivity contribution in [3.63, 3.8) is 0 Å². The van der Waals surface area contributed by atoms with Gasteiger partial charge in [-0.25, -0.2) is 0 Å². The highest BCUT2D eigenvalue weighted by atomic mass is 16.1. The molecule has 1 amide bonds. The lowest BCUT2D eigenvalue weighted by atomic mass is 10.0. The molecule has 23 heavy (non-hydrogen) atoms. The van der Waals surface area contributed by atoms with E-state index in [2.05, 4.69) is 44.4 Å². The minimum atomic E-state index is -0.188. The molecule has 2 aromatic rings. The van der Waals surface area contributed by atoms with Crippen molar-refractivity contribution in [2.75, 3.05) is 18.0 Å². The predicted octanol–water partition coefficient (Wildman–Crippen LogP) is 2.05. The average molecular weight is 308 g/mol. The van der Waals surface area contributed by atoms with E-state index in [-0.39, 0.29) is 11.9 Å². The molecule has 0 atom stereocenters. The van der Waals surface area contributed by atoms with Gasteiger partial charge in [0.1, 0.15) is 0 Å². The number of aryl methyl sites for hydroxylation is 1. The summed E-state index contributed by atoms with van der Waals surface area (Å²) in [4.78, 5) is 13.8. The topological polar surface area (TPSA) is 58.1 Å². The number of nitrogens with one attached hydrogen (secondary N) is 1. The summed E-state index contributed by atoms with van der Waals surface area (Å²) < 4.78 is 0. The number of benzene rings is 1. The molecule has 5 nitrogen and oxygen atoms in total. The molecule has 1 aromatic carbocycles. The van der Waals surface area contributed by atoms with Crippen molar-refractivity contribution in [3.05, 3.63) is 30.0 Å². The molecule has 3 rings (SSSR count). The maximum absolute atomic E-state index is 11.6. The molecular weight excluding hydrogens is 288 g/mol. The fourth-order valence-electron chi connectivity index (χ4n) is 3.03. The van der Waals surface area contributed by atoms with Gasteiger partial charge in [-0.05, 0) is 32.6 Å². The first-order valence-electron chi connectivity index (χ1n) is 7.89. The highest BCUT2D eigenvalue weighted by molar-refractivity contribution is 5.94. The highest BCUT2D eigenvalue weighted by Gasteiger charge is 2.22. The zero-order valence-corrected chi connectivity index (χ0v) is 13.5. The summed E-state index contributed by atoms with van der Waals surface area (Å²) in [5.41, 5.74) is 0.949. The first kappa shape index (κ1) is 15.3. The standard InChI is InChI=1S/C18H20N4O/c1-3-6-17(23)19-14-9-11-22(12-10-14)18-16-8-5-4-7-15(16)13(2)20-21-18/h4-5,7-8,14H,9-12H2,1-2H3,(H,19,23). The Morgan fingerprint density at radius 3 is 2.61 bits per heavy atom. The molecule has 1 aliphatic heterocycles. The molecule has 2 heterocycles. The van der Waals surface area contributed by atoms with Gasteiger partial charge in [-0.3, -0.25) is 4.79 Å². The van der Waals surface area contributed by atoms with Gasteiger partial charge in [-0.2, -0.15) is 5.10 Å². The van der Waals surface area contributed by atoms with E-state index in [1.165, 1.54) is 0 Å². The fraction of sp³-hybridized carbons (Fsp3) is 0.389. The molecule has 0 saturated carbocycles. The maximum atomic E-state index is 11.6. The summed E-state index contributed by atoms with van der Waals surface area (Å²) in [6.07, 6.45) is 1.78. The van der Waals surface area contributed by atoms with Crippen LogP contribution in [0.3, 0.4) is 0 Å². The highest BCUT2D eigenvalue weighted by Crippen LogP contribution is 2.27. The van der Waals surface area contributed by atoms with E-state index in [0.717, 1.165) is 48.2 Å². The Labute approximate surface area is 136 Å². The van der Waals surface area contributed by atoms with Crippen LogP contribution in [0.15, 0.2) is 24.3 Å². The molecule has 1 saturated heterocycles. The Morgan fingerprint density at radius 2 is 1.91 bits per heavy atom. The molecule has 0 radical (unpaired) electrons. The van der Waals surface area contributed by atoms with E-state index in [1.807, 2.05) is 19.1 Å². The van der Waals surface area contributed by atoms with Gasteiger partial charge >= 0.3 is 0 Å². The minimum absolute atomic E-state index is 0.185. The van der Waals surface area contributed by atoms with Crippen molar-refractivity contribution >= 4 is 22.5 Å². The van der Waals surface area contributed by atoms with Crippen LogP contribution in [0.25, 0.3) is 10.8 Å². The number of anilines is 1. The Balaban J connectivity index is 1.74. The van der Waals surface area contributed by atoms with Crippen molar-refractivity contribution in [2.24, 2.45) is 0 Å². The van der Waals surface area contributed by atoms with E-state index < -0.39 is 0 Å². The Kier molecular flexibility index (Phi) is 4.42. The number of carbonyl (C=O) groups is 1. The first-order valence-corrected chi connectivity index (χ1v) is 7.89. The monoisotopic (exact) mass is 308 g/mol. The third kappa shape index (κ3) is 3.26. The number of fused-ring (bicyclic) bond motifs is 1. The van der Waals surface area contributed by atoms with Crippen molar-refractivity contribution < 1.29 is 4.79 Å². The van der Waals surface area contributed by atoms with Crippen LogP contribution < -0.4 is 10.2 Å². The van der Waals surface area contributed by atoms with Gasteiger partial charge in [0, 0.05) is 29.9 Å². The molecule has 0 unspecified atom stereocenters. The van der Waals surface area contributed by atoms with Gasteiger partial charge in [0.2, 0.25) is 0 Å². The van der Waals surface area contributed by atoms with Crippen molar-refractivity contribution in [1.29, 1.82) is 0 Å². The van der Waals surface area contributed by atoms with Crippen molar-refractivity contribution in [3.8, 4) is 11.8 Å². The molecule has 1 aromatic heterocycles. The molecule has 118 valence electrons. The molecule has 1 fully saturated rings. The zero-order valence-electron chi connectivity index (χ0n) is 13.5. The lowest BCUT2D eigenvalue weighted by Gasteiger charge is -2.33. The lowest BCUT2D eigenvalue weighted by Crippen LogP contribution is -2.44. The van der Waals surface area contributed by atoms with E-state index in [1.54, 1.807) is 6.92 Å². The van der Waals surface area contributed by atoms with Gasteiger partial charge in [-0.15, -0.1) is 5.10 Å². The van der Waals surface area contributed by atoms with Gasteiger partial charge in [0.05, 0.1) is 5.69 Å². The van der Waals surface area contributed by atoms with Crippen LogP contribution in [0.4, 0.5) is 5.82 Å². The Bertz CT molecular complexity index is 782. The molecule has 1 aliphatic rings. The van der Waals surface area contributed by atoms with Crippen LogP contribution >= 0.6 is 0 Å². The molecule has 0 bridgehead atoms. The molecule has 0 spiro atoms. The number of hydrogen-bond acceptors (Lipinski definition) is 4. The van der Waals surface area contributed by atoms with Gasteiger partial charge in [0.15, 0.2) is 5.82 Å². The van der Waals surface area contributed by atoms with Gasteiger partial charge in [0.25, 0.3) is 5.91 Å². The van der Waals surface area contributed by atoms with Crippen LogP contribution in [-0.2, 0) is 4.79 Å². The molecular formula is C18H20N4O. The smallest absolute Gasteiger partial charge is 0.296 e. The number of nitrogens with zero attached hydrogens (tertiary/aromatic N) is 3. The summed E-state index contributed by atoms with van der Waals surface area (Å²) in [5.74, 6) is 5.90. The Hall–Kier alpha value is -2.61. The number of amides is 1. The first-order chi connectivity index (χ1) is 11.2. The van der Waals surface area contributed by atoms with E-state index in [4.69, 9.17) is 0 Å². The second-order valence-corrected chi connectivity index (χ2v) is 5.76. The summed E-state index contributed by atoms with van der Waals surface area (Å²) >= 11 is 0. The SMILES string of the molecule is CC#CC(=O)NC1CCN(c2nnc(C)c3ccccc23)CC1. The van der Waals surface area contributed by atoms with Crippen LogP contribution in [0.2, 0.25) is 0 Å². The quantitative estimate of drug-likeness (QED) is 0.863. The normalized spacial score (nSPS) is 15.1. The van der Waals surface area contributed by atoms with Gasteiger partial charge in [-0.1, -0.05) is 30.2 Å². The van der Waals surface area contributed by atoms with Crippen LogP contribution in [0.5, 0.6) is 0 Å². The average Bonchev–Trinajstić information content (AvgIpc) is 2.57. The Morgan fingerprint density at radius 1 is 1.22 bits per heavy atom. The van der Waals surface area contributed by atoms with E-state index in [0.29, 0.717) is 0 Å². The van der Waals surface area contributed by atoms with E-state index in [9.17, 15) is 4.79 Å². The minimum Gasteiger partial charge on any atom is -0.354 e. The molecule has 0 aliphatic carbocycles. The van der Waals surface area contributed by atoms with Crippen molar-refractivity contribution in [1.82, 2.24) is 15.5 Å². The van der Waals surface area contributed by atoms with E-state index >= 15 is 0 Å². The summed E-state index contributed by atoms with van der Waals surface area (Å²) in [7, 11) is 0. The van der Waals surface area contributed by atoms with Crippen LogP contribution in [-0.4, -0.2) is 35.2 Å². The van der Waals surface area contributed by atoms with Gasteiger partial charge < -0.3 is 10.2 Å². The van der Waals surface area contributed by atoms with Crippen molar-refractivity contribution in [2.45, 2.75) is 32.7 Å². The summed E-state index contributed by atoms with van der Waals surface area (Å²) in [6, 6.07) is 8.42. The molecule has 5 heteroatoms. The summed E-state index contributed by atoms with van der Waals surface area (Å²) in [5, 5.41) is 14.0.